The molecule has 0 aliphatic rings. The van der Waals surface area contributed by atoms with E-state index in [0.29, 0.717) is 27.1 Å². The third kappa shape index (κ3) is 5.67. The van der Waals surface area contributed by atoms with E-state index in [4.69, 9.17) is 23.2 Å². The van der Waals surface area contributed by atoms with Crippen LogP contribution in [0.3, 0.4) is 0 Å². The first kappa shape index (κ1) is 23.3. The maximum Gasteiger partial charge on any atom is 0.253 e. The van der Waals surface area contributed by atoms with Crippen LogP contribution in [-0.4, -0.2) is 32.2 Å². The van der Waals surface area contributed by atoms with E-state index in [0.717, 1.165) is 0 Å². The Balaban J connectivity index is 1.74. The number of carbonyl (C=O) groups is 2. The molecule has 31 heavy (non-hydrogen) atoms. The van der Waals surface area contributed by atoms with Crippen LogP contribution in [0.1, 0.15) is 46.4 Å². The molecule has 1 atom stereocenters. The highest BCUT2D eigenvalue weighted by Crippen LogP contribution is 2.26. The van der Waals surface area contributed by atoms with Crippen molar-refractivity contribution in [2.75, 3.05) is 5.75 Å². The SMILES string of the molecule is CC(C)[C@H](NC(=O)c1ccc(Cl)cc1Cl)c1nnc(SCC(=O)c2ccccc2)n1C. The van der Waals surface area contributed by atoms with Crippen LogP contribution in [0.2, 0.25) is 10.0 Å². The molecule has 0 aliphatic heterocycles. The van der Waals surface area contributed by atoms with E-state index in [1.807, 2.05) is 39.1 Å². The predicted molar refractivity (Wildman–Crippen MR) is 124 cm³/mol. The average molecular weight is 477 g/mol. The number of carbonyl (C=O) groups excluding carboxylic acids is 2. The van der Waals surface area contributed by atoms with Crippen LogP contribution in [0.15, 0.2) is 53.7 Å². The average Bonchev–Trinajstić information content (AvgIpc) is 3.10. The van der Waals surface area contributed by atoms with E-state index in [1.165, 1.54) is 17.8 Å². The Labute approximate surface area is 195 Å². The number of Topliss-reactive ketones (excluding diaryl/α,β-unsaturated/α-hetero) is 1. The number of aromatic nitrogens is 3. The molecule has 0 saturated carbocycles. The first-order valence-corrected chi connectivity index (χ1v) is 11.4. The number of ketones is 1. The van der Waals surface area contributed by atoms with Gasteiger partial charge in [0, 0.05) is 17.6 Å². The van der Waals surface area contributed by atoms with Crippen molar-refractivity contribution in [3.8, 4) is 0 Å². The van der Waals surface area contributed by atoms with Gasteiger partial charge in [0.15, 0.2) is 16.8 Å². The van der Waals surface area contributed by atoms with Crippen LogP contribution in [0, 0.1) is 5.92 Å². The topological polar surface area (TPSA) is 76.9 Å². The molecule has 0 fully saturated rings. The van der Waals surface area contributed by atoms with Gasteiger partial charge in [0.1, 0.15) is 0 Å². The molecule has 162 valence electrons. The molecule has 3 rings (SSSR count). The summed E-state index contributed by atoms with van der Waals surface area (Å²) >= 11 is 13.4. The lowest BCUT2D eigenvalue weighted by Crippen LogP contribution is -2.33. The molecule has 2 aromatic carbocycles. The molecule has 9 heteroatoms. The molecule has 0 bridgehead atoms. The highest BCUT2D eigenvalue weighted by atomic mass is 35.5. The van der Waals surface area contributed by atoms with Crippen molar-refractivity contribution in [2.24, 2.45) is 13.0 Å². The summed E-state index contributed by atoms with van der Waals surface area (Å²) < 4.78 is 1.80. The molecule has 0 radical (unpaired) electrons. The normalized spacial score (nSPS) is 12.1. The lowest BCUT2D eigenvalue weighted by atomic mass is 10.0. The first-order valence-electron chi connectivity index (χ1n) is 9.64. The Morgan fingerprint density at radius 1 is 1.10 bits per heavy atom. The number of halogens is 2. The molecule has 0 aliphatic carbocycles. The molecule has 1 N–H and O–H groups in total. The molecular weight excluding hydrogens is 455 g/mol. The van der Waals surface area contributed by atoms with Crippen molar-refractivity contribution in [3.63, 3.8) is 0 Å². The number of nitrogens with one attached hydrogen (secondary N) is 1. The van der Waals surface area contributed by atoms with Crippen molar-refractivity contribution in [3.05, 3.63) is 75.5 Å². The van der Waals surface area contributed by atoms with Gasteiger partial charge in [-0.1, -0.05) is 79.1 Å². The zero-order valence-electron chi connectivity index (χ0n) is 17.3. The predicted octanol–water partition coefficient (Wildman–Crippen LogP) is 5.22. The van der Waals surface area contributed by atoms with Gasteiger partial charge >= 0.3 is 0 Å². The number of nitrogens with zero attached hydrogens (tertiary/aromatic N) is 3. The smallest absolute Gasteiger partial charge is 0.253 e. The Morgan fingerprint density at radius 3 is 2.45 bits per heavy atom. The zero-order valence-corrected chi connectivity index (χ0v) is 19.6. The zero-order chi connectivity index (χ0) is 22.5. The van der Waals surface area contributed by atoms with Gasteiger partial charge in [-0.25, -0.2) is 0 Å². The third-order valence-electron chi connectivity index (χ3n) is 4.70. The van der Waals surface area contributed by atoms with E-state index < -0.39 is 6.04 Å². The maximum atomic E-state index is 12.8. The van der Waals surface area contributed by atoms with Gasteiger partial charge in [0.05, 0.1) is 22.4 Å². The Hall–Kier alpha value is -2.35. The Morgan fingerprint density at radius 2 is 1.81 bits per heavy atom. The highest BCUT2D eigenvalue weighted by molar-refractivity contribution is 7.99. The fourth-order valence-electron chi connectivity index (χ4n) is 2.98. The van der Waals surface area contributed by atoms with E-state index in [1.54, 1.807) is 28.8 Å². The van der Waals surface area contributed by atoms with Gasteiger partial charge in [-0.05, 0) is 24.1 Å². The molecule has 1 heterocycles. The van der Waals surface area contributed by atoms with Crippen molar-refractivity contribution < 1.29 is 9.59 Å². The van der Waals surface area contributed by atoms with Crippen molar-refractivity contribution in [2.45, 2.75) is 25.0 Å². The van der Waals surface area contributed by atoms with Crippen LogP contribution < -0.4 is 5.32 Å². The van der Waals surface area contributed by atoms with Crippen LogP contribution in [0.4, 0.5) is 0 Å². The van der Waals surface area contributed by atoms with Crippen molar-refractivity contribution >= 4 is 46.7 Å². The number of rotatable bonds is 8. The molecule has 1 amide bonds. The molecule has 0 unspecified atom stereocenters. The van der Waals surface area contributed by atoms with Gasteiger partial charge < -0.3 is 9.88 Å². The van der Waals surface area contributed by atoms with Gasteiger partial charge in [0.25, 0.3) is 5.91 Å². The van der Waals surface area contributed by atoms with Gasteiger partial charge in [-0.15, -0.1) is 10.2 Å². The molecule has 0 saturated heterocycles. The fraction of sp³-hybridized carbons (Fsp3) is 0.273. The summed E-state index contributed by atoms with van der Waals surface area (Å²) in [4.78, 5) is 25.2. The number of amides is 1. The second kappa shape index (κ2) is 10.3. The Kier molecular flexibility index (Phi) is 7.75. The van der Waals surface area contributed by atoms with Crippen molar-refractivity contribution in [1.29, 1.82) is 0 Å². The molecule has 1 aromatic heterocycles. The summed E-state index contributed by atoms with van der Waals surface area (Å²) in [5.41, 5.74) is 0.992. The van der Waals surface area contributed by atoms with Gasteiger partial charge in [-0.2, -0.15) is 0 Å². The summed E-state index contributed by atoms with van der Waals surface area (Å²) in [7, 11) is 1.82. The summed E-state index contributed by atoms with van der Waals surface area (Å²) in [5, 5.41) is 12.8. The summed E-state index contributed by atoms with van der Waals surface area (Å²) in [6.45, 7) is 3.96. The molecule has 0 spiro atoms. The maximum absolute atomic E-state index is 12.8. The summed E-state index contributed by atoms with van der Waals surface area (Å²) in [5.74, 6) is 0.581. The molecular formula is C22H22Cl2N4O2S. The lowest BCUT2D eigenvalue weighted by molar-refractivity contribution is 0.0921. The lowest BCUT2D eigenvalue weighted by Gasteiger charge is -2.22. The quantitative estimate of drug-likeness (QED) is 0.356. The summed E-state index contributed by atoms with van der Waals surface area (Å²) in [6.07, 6.45) is 0. The standard InChI is InChI=1S/C22H22Cl2N4O2S/c1-13(2)19(25-21(30)16-10-9-15(23)11-17(16)24)20-26-27-22(28(20)3)31-12-18(29)14-7-5-4-6-8-14/h4-11,13,19H,12H2,1-3H3,(H,25,30)/t19-/m0/s1. The minimum atomic E-state index is -0.393. The van der Waals surface area contributed by atoms with Gasteiger partial charge in [-0.3, -0.25) is 9.59 Å². The Bertz CT molecular complexity index is 1090. The fourth-order valence-corrected chi connectivity index (χ4v) is 4.29. The third-order valence-corrected chi connectivity index (χ3v) is 6.27. The minimum Gasteiger partial charge on any atom is -0.342 e. The second-order valence-corrected chi connectivity index (χ2v) is 9.08. The van der Waals surface area contributed by atoms with Crippen LogP contribution in [-0.2, 0) is 7.05 Å². The number of hydrogen-bond acceptors (Lipinski definition) is 5. The first-order chi connectivity index (χ1) is 14.8. The second-order valence-electron chi connectivity index (χ2n) is 7.30. The molecule has 6 nitrogen and oxygen atoms in total. The van der Waals surface area contributed by atoms with Crippen LogP contribution in [0.25, 0.3) is 0 Å². The monoisotopic (exact) mass is 476 g/mol. The van der Waals surface area contributed by atoms with Crippen LogP contribution in [0.5, 0.6) is 0 Å². The largest absolute Gasteiger partial charge is 0.342 e. The number of hydrogen-bond donors (Lipinski definition) is 1. The van der Waals surface area contributed by atoms with Gasteiger partial charge in [0.2, 0.25) is 0 Å². The number of thioether (sulfide) groups is 1. The van der Waals surface area contributed by atoms with E-state index in [2.05, 4.69) is 15.5 Å². The summed E-state index contributed by atoms with van der Waals surface area (Å²) in [6, 6.07) is 13.5. The van der Waals surface area contributed by atoms with Crippen molar-refractivity contribution in [1.82, 2.24) is 20.1 Å². The van der Waals surface area contributed by atoms with E-state index in [9.17, 15) is 9.59 Å². The minimum absolute atomic E-state index is 0.0150. The van der Waals surface area contributed by atoms with E-state index >= 15 is 0 Å². The highest BCUT2D eigenvalue weighted by Gasteiger charge is 2.26. The molecule has 3 aromatic rings. The number of benzene rings is 2. The van der Waals surface area contributed by atoms with E-state index in [-0.39, 0.29) is 28.4 Å². The van der Waals surface area contributed by atoms with Crippen LogP contribution >= 0.6 is 35.0 Å².